The maximum atomic E-state index is 11.9. The molecule has 1 atom stereocenters. The minimum atomic E-state index is -0.498. The molecule has 2 N–H and O–H groups in total. The molecule has 0 saturated heterocycles. The van der Waals surface area contributed by atoms with Crippen LogP contribution < -0.4 is 15.5 Å². The largest absolute Gasteiger partial charge is 0.444 e. The highest BCUT2D eigenvalue weighted by Crippen LogP contribution is 2.44. The van der Waals surface area contributed by atoms with E-state index in [1.165, 1.54) is 18.4 Å². The summed E-state index contributed by atoms with van der Waals surface area (Å²) in [5.41, 5.74) is 3.10. The number of rotatable bonds is 5. The third kappa shape index (κ3) is 3.93. The van der Waals surface area contributed by atoms with Crippen LogP contribution in [0.3, 0.4) is 0 Å². The number of benzene rings is 1. The number of carbonyl (C=O) groups excluding carboxylic acids is 1. The highest BCUT2D eigenvalue weighted by Gasteiger charge is 2.31. The fourth-order valence-corrected chi connectivity index (χ4v) is 2.97. The van der Waals surface area contributed by atoms with Crippen molar-refractivity contribution in [2.75, 3.05) is 30.6 Å². The fraction of sp³-hybridized carbons (Fsp3) is 0.611. The van der Waals surface area contributed by atoms with Gasteiger partial charge in [0, 0.05) is 7.11 Å². The quantitative estimate of drug-likeness (QED) is 0.866. The minimum Gasteiger partial charge on any atom is -0.444 e. The summed E-state index contributed by atoms with van der Waals surface area (Å²) >= 11 is 0. The van der Waals surface area contributed by atoms with E-state index in [9.17, 15) is 4.79 Å². The molecule has 0 aromatic heterocycles. The number of hydrogen-bond donors (Lipinski definition) is 2. The van der Waals surface area contributed by atoms with Gasteiger partial charge in [-0.1, -0.05) is 6.07 Å². The second-order valence-corrected chi connectivity index (χ2v) is 7.48. The molecule has 1 saturated carbocycles. The number of nitrogens with one attached hydrogen (secondary N) is 2. The van der Waals surface area contributed by atoms with E-state index in [4.69, 9.17) is 9.47 Å². The molecule has 1 aromatic rings. The molecule has 1 aromatic carbocycles. The highest BCUT2D eigenvalue weighted by atomic mass is 16.6. The van der Waals surface area contributed by atoms with Gasteiger partial charge in [0.1, 0.15) is 18.5 Å². The number of alkyl carbamates (subject to hydrolysis) is 1. The van der Waals surface area contributed by atoms with Crippen molar-refractivity contribution in [1.29, 1.82) is 0 Å². The van der Waals surface area contributed by atoms with Crippen LogP contribution >= 0.6 is 0 Å². The highest BCUT2D eigenvalue weighted by molar-refractivity contribution is 5.77. The average Bonchev–Trinajstić information content (AvgIpc) is 3.28. The average molecular weight is 333 g/mol. The molecule has 0 bridgehead atoms. The normalized spacial score (nSPS) is 19.7. The summed E-state index contributed by atoms with van der Waals surface area (Å²) in [6, 6.07) is 6.57. The first-order valence-electron chi connectivity index (χ1n) is 8.50. The molecule has 1 aliphatic carbocycles. The Labute approximate surface area is 143 Å². The Morgan fingerprint density at radius 3 is 2.75 bits per heavy atom. The van der Waals surface area contributed by atoms with Gasteiger partial charge in [-0.25, -0.2) is 4.79 Å². The maximum absolute atomic E-state index is 11.9. The summed E-state index contributed by atoms with van der Waals surface area (Å²) in [4.78, 5) is 14.0. The van der Waals surface area contributed by atoms with E-state index in [1.807, 2.05) is 20.8 Å². The number of hydrogen-bond acceptors (Lipinski definition) is 5. The molecule has 6 nitrogen and oxygen atoms in total. The van der Waals surface area contributed by atoms with Crippen molar-refractivity contribution in [2.45, 2.75) is 51.3 Å². The summed E-state index contributed by atoms with van der Waals surface area (Å²) < 4.78 is 10.6. The Kier molecular flexibility index (Phi) is 4.58. The zero-order chi connectivity index (χ0) is 17.3. The van der Waals surface area contributed by atoms with Crippen LogP contribution in [0.25, 0.3) is 0 Å². The second-order valence-electron chi connectivity index (χ2n) is 7.48. The van der Waals surface area contributed by atoms with Crippen molar-refractivity contribution >= 4 is 17.5 Å². The van der Waals surface area contributed by atoms with E-state index >= 15 is 0 Å². The third-order valence-electron chi connectivity index (χ3n) is 4.18. The molecule has 1 heterocycles. The van der Waals surface area contributed by atoms with Crippen LogP contribution in [0.15, 0.2) is 18.2 Å². The Balaban J connectivity index is 1.66. The van der Waals surface area contributed by atoms with Crippen molar-refractivity contribution in [1.82, 2.24) is 5.32 Å². The van der Waals surface area contributed by atoms with Crippen LogP contribution in [0.5, 0.6) is 0 Å². The van der Waals surface area contributed by atoms with Gasteiger partial charge in [0.25, 0.3) is 0 Å². The first kappa shape index (κ1) is 16.9. The predicted octanol–water partition coefficient (Wildman–Crippen LogP) is 3.25. The van der Waals surface area contributed by atoms with Gasteiger partial charge in [-0.15, -0.1) is 0 Å². The Hall–Kier alpha value is -1.95. The van der Waals surface area contributed by atoms with E-state index in [0.29, 0.717) is 19.2 Å². The van der Waals surface area contributed by atoms with Gasteiger partial charge in [-0.2, -0.15) is 0 Å². The monoisotopic (exact) mass is 333 g/mol. The van der Waals surface area contributed by atoms with Gasteiger partial charge in [-0.3, -0.25) is 0 Å². The van der Waals surface area contributed by atoms with Crippen LogP contribution in [0.2, 0.25) is 0 Å². The van der Waals surface area contributed by atoms with Gasteiger partial charge >= 0.3 is 6.09 Å². The van der Waals surface area contributed by atoms with Crippen LogP contribution in [0, 0.1) is 0 Å². The molecule has 0 radical (unpaired) electrons. The van der Waals surface area contributed by atoms with Crippen molar-refractivity contribution < 1.29 is 14.3 Å². The molecule has 1 unspecified atom stereocenters. The number of methoxy groups -OCH3 is 1. The predicted molar refractivity (Wildman–Crippen MR) is 94.4 cm³/mol. The summed E-state index contributed by atoms with van der Waals surface area (Å²) in [5.74, 6) is 0.715. The standard InChI is InChI=1S/C18H27N3O3/c1-18(2,3)24-17(22)19-10-16-20-14-9-13(12-5-6-12)7-8-15(14)21(16)11-23-4/h7-9,12,16,20H,5-6,10-11H2,1-4H3,(H,19,22). The SMILES string of the molecule is COCN1c2ccc(C3CC3)cc2NC1CNC(=O)OC(C)(C)C. The summed E-state index contributed by atoms with van der Waals surface area (Å²) in [5, 5.41) is 6.32. The molecule has 132 valence electrons. The Bertz CT molecular complexity index is 608. The lowest BCUT2D eigenvalue weighted by Crippen LogP contribution is -2.46. The summed E-state index contributed by atoms with van der Waals surface area (Å²) in [6.07, 6.45) is 2.10. The van der Waals surface area contributed by atoms with E-state index in [1.54, 1.807) is 7.11 Å². The summed E-state index contributed by atoms with van der Waals surface area (Å²) in [7, 11) is 1.68. The van der Waals surface area contributed by atoms with Crippen LogP contribution in [0.4, 0.5) is 16.2 Å². The lowest BCUT2D eigenvalue weighted by Gasteiger charge is -2.27. The summed E-state index contributed by atoms with van der Waals surface area (Å²) in [6.45, 7) is 6.46. The van der Waals surface area contributed by atoms with Gasteiger partial charge < -0.3 is 25.0 Å². The number of amides is 1. The van der Waals surface area contributed by atoms with Gasteiger partial charge in [0.2, 0.25) is 0 Å². The topological polar surface area (TPSA) is 62.8 Å². The van der Waals surface area contributed by atoms with Crippen LogP contribution in [-0.2, 0) is 9.47 Å². The number of anilines is 2. The number of carbonyl (C=O) groups is 1. The zero-order valence-corrected chi connectivity index (χ0v) is 14.9. The van der Waals surface area contributed by atoms with Gasteiger partial charge in [0.05, 0.1) is 17.9 Å². The first-order valence-corrected chi connectivity index (χ1v) is 8.50. The molecule has 1 fully saturated rings. The molecule has 3 rings (SSSR count). The molecular weight excluding hydrogens is 306 g/mol. The maximum Gasteiger partial charge on any atom is 0.407 e. The number of nitrogens with zero attached hydrogens (tertiary/aromatic N) is 1. The van der Waals surface area contributed by atoms with E-state index in [2.05, 4.69) is 33.7 Å². The second kappa shape index (κ2) is 6.51. The Morgan fingerprint density at radius 1 is 1.38 bits per heavy atom. The zero-order valence-electron chi connectivity index (χ0n) is 14.9. The van der Waals surface area contributed by atoms with Gasteiger partial charge in [0.15, 0.2) is 0 Å². The molecule has 2 aliphatic rings. The fourth-order valence-electron chi connectivity index (χ4n) is 2.97. The molecular formula is C18H27N3O3. The molecule has 6 heteroatoms. The third-order valence-corrected chi connectivity index (χ3v) is 4.18. The molecule has 1 amide bonds. The van der Waals surface area contributed by atoms with E-state index in [-0.39, 0.29) is 6.17 Å². The van der Waals surface area contributed by atoms with Crippen molar-refractivity contribution in [3.05, 3.63) is 23.8 Å². The number of fused-ring (bicyclic) bond motifs is 1. The number of ether oxygens (including phenoxy) is 2. The van der Waals surface area contributed by atoms with Crippen molar-refractivity contribution in [3.8, 4) is 0 Å². The lowest BCUT2D eigenvalue weighted by atomic mass is 10.1. The molecule has 1 aliphatic heterocycles. The van der Waals surface area contributed by atoms with E-state index < -0.39 is 11.7 Å². The van der Waals surface area contributed by atoms with Crippen molar-refractivity contribution in [3.63, 3.8) is 0 Å². The van der Waals surface area contributed by atoms with Gasteiger partial charge in [-0.05, 0) is 57.2 Å². The minimum absolute atomic E-state index is 0.0538. The molecule has 0 spiro atoms. The molecule has 24 heavy (non-hydrogen) atoms. The van der Waals surface area contributed by atoms with E-state index in [0.717, 1.165) is 11.4 Å². The lowest BCUT2D eigenvalue weighted by molar-refractivity contribution is 0.0524. The first-order chi connectivity index (χ1) is 11.4. The Morgan fingerprint density at radius 2 is 2.12 bits per heavy atom. The van der Waals surface area contributed by atoms with Crippen LogP contribution in [0.1, 0.15) is 45.1 Å². The smallest absolute Gasteiger partial charge is 0.407 e. The van der Waals surface area contributed by atoms with Crippen LogP contribution in [-0.4, -0.2) is 38.2 Å². The van der Waals surface area contributed by atoms with Crippen molar-refractivity contribution in [2.24, 2.45) is 0 Å².